The number of amides is 1. The molecule has 0 radical (unpaired) electrons. The Balaban J connectivity index is 2.32. The number of aromatic nitrogens is 1. The van der Waals surface area contributed by atoms with Gasteiger partial charge >= 0.3 is 6.09 Å². The van der Waals surface area contributed by atoms with Crippen LogP contribution in [0.2, 0.25) is 0 Å². The van der Waals surface area contributed by atoms with E-state index in [0.717, 1.165) is 14.6 Å². The summed E-state index contributed by atoms with van der Waals surface area (Å²) < 4.78 is 7.16. The molecule has 0 aliphatic heterocycles. The van der Waals surface area contributed by atoms with Crippen LogP contribution in [0, 0.1) is 0 Å². The van der Waals surface area contributed by atoms with Gasteiger partial charge in [0.05, 0.1) is 5.69 Å². The van der Waals surface area contributed by atoms with Crippen molar-refractivity contribution in [2.75, 3.05) is 20.1 Å². The van der Waals surface area contributed by atoms with E-state index in [1.165, 1.54) is 0 Å². The molecular weight excluding hydrogens is 402 g/mol. The summed E-state index contributed by atoms with van der Waals surface area (Å²) in [6.45, 7) is 7.44. The number of carbonyl (C=O) groups excluding carboxylic acids is 1. The van der Waals surface area contributed by atoms with E-state index in [0.29, 0.717) is 19.6 Å². The smallest absolute Gasteiger partial charge is 0.410 e. The molecule has 0 saturated carbocycles. The highest BCUT2D eigenvalue weighted by Crippen LogP contribution is 2.19. The summed E-state index contributed by atoms with van der Waals surface area (Å²) in [6.07, 6.45) is 1.45. The van der Waals surface area contributed by atoms with Crippen molar-refractivity contribution >= 4 is 38.0 Å². The number of carbonyl (C=O) groups is 1. The topological polar surface area (TPSA) is 54.5 Å². The average Bonchev–Trinajstić information content (AvgIpc) is 2.34. The summed E-state index contributed by atoms with van der Waals surface area (Å²) in [5.74, 6) is 0. The maximum atomic E-state index is 11.8. The third kappa shape index (κ3) is 7.24. The van der Waals surface area contributed by atoms with E-state index >= 15 is 0 Å². The molecule has 0 fully saturated rings. The minimum atomic E-state index is -0.467. The number of halogens is 2. The van der Waals surface area contributed by atoms with Gasteiger partial charge in [-0.3, -0.25) is 4.98 Å². The predicted octanol–water partition coefficient (Wildman–Crippen LogP) is 3.56. The molecule has 21 heavy (non-hydrogen) atoms. The SMILES string of the molecule is CN(CCNCc1ncc(Br)cc1Br)C(=O)OC(C)(C)C. The molecular formula is C14H21Br2N3O2. The van der Waals surface area contributed by atoms with E-state index in [9.17, 15) is 4.79 Å². The fourth-order valence-electron chi connectivity index (χ4n) is 1.46. The molecule has 118 valence electrons. The molecule has 0 aromatic carbocycles. The van der Waals surface area contributed by atoms with Gasteiger partial charge in [0.15, 0.2) is 0 Å². The molecule has 0 bridgehead atoms. The van der Waals surface area contributed by atoms with Crippen molar-refractivity contribution in [3.63, 3.8) is 0 Å². The van der Waals surface area contributed by atoms with E-state index in [4.69, 9.17) is 4.74 Å². The molecule has 1 aromatic rings. The molecule has 1 N–H and O–H groups in total. The fraction of sp³-hybridized carbons (Fsp3) is 0.571. The lowest BCUT2D eigenvalue weighted by atomic mass is 10.2. The average molecular weight is 423 g/mol. The first-order chi connectivity index (χ1) is 9.69. The Morgan fingerprint density at radius 3 is 2.67 bits per heavy atom. The van der Waals surface area contributed by atoms with E-state index in [-0.39, 0.29) is 6.09 Å². The maximum absolute atomic E-state index is 11.8. The summed E-state index contributed by atoms with van der Waals surface area (Å²) in [7, 11) is 1.73. The highest BCUT2D eigenvalue weighted by molar-refractivity contribution is 9.11. The Bertz CT molecular complexity index is 490. The number of ether oxygens (including phenoxy) is 1. The van der Waals surface area contributed by atoms with Crippen LogP contribution >= 0.6 is 31.9 Å². The summed E-state index contributed by atoms with van der Waals surface area (Å²) in [6, 6.07) is 1.96. The van der Waals surface area contributed by atoms with E-state index in [2.05, 4.69) is 42.2 Å². The zero-order chi connectivity index (χ0) is 16.0. The van der Waals surface area contributed by atoms with Crippen molar-refractivity contribution in [3.8, 4) is 0 Å². The lowest BCUT2D eigenvalue weighted by molar-refractivity contribution is 0.0300. The lowest BCUT2D eigenvalue weighted by Gasteiger charge is -2.24. The molecule has 0 aliphatic carbocycles. The van der Waals surface area contributed by atoms with Gasteiger partial charge in [0.2, 0.25) is 0 Å². The van der Waals surface area contributed by atoms with E-state index in [1.54, 1.807) is 18.1 Å². The number of rotatable bonds is 5. The maximum Gasteiger partial charge on any atom is 0.410 e. The van der Waals surface area contributed by atoms with Gasteiger partial charge in [-0.1, -0.05) is 0 Å². The van der Waals surface area contributed by atoms with Gasteiger partial charge < -0.3 is 15.0 Å². The molecule has 7 heteroatoms. The molecule has 1 aromatic heterocycles. The number of pyridine rings is 1. The Hall–Kier alpha value is -0.660. The van der Waals surface area contributed by atoms with Gasteiger partial charge in [-0.2, -0.15) is 0 Å². The molecule has 1 heterocycles. The second kappa shape index (κ2) is 8.10. The van der Waals surface area contributed by atoms with E-state index < -0.39 is 5.60 Å². The molecule has 5 nitrogen and oxygen atoms in total. The van der Waals surface area contributed by atoms with Gasteiger partial charge in [0, 0.05) is 41.8 Å². The highest BCUT2D eigenvalue weighted by atomic mass is 79.9. The van der Waals surface area contributed by atoms with Gasteiger partial charge in [-0.05, 0) is 58.7 Å². The normalized spacial score (nSPS) is 11.3. The van der Waals surface area contributed by atoms with Crippen molar-refractivity contribution in [2.24, 2.45) is 0 Å². The largest absolute Gasteiger partial charge is 0.444 e. The first kappa shape index (κ1) is 18.4. The number of likely N-dealkylation sites (N-methyl/N-ethyl adjacent to an activating group) is 1. The van der Waals surface area contributed by atoms with Crippen molar-refractivity contribution in [2.45, 2.75) is 32.9 Å². The first-order valence-electron chi connectivity index (χ1n) is 6.64. The fourth-order valence-corrected chi connectivity index (χ4v) is 2.59. The minimum absolute atomic E-state index is 0.313. The second-order valence-corrected chi connectivity index (χ2v) is 7.43. The van der Waals surface area contributed by atoms with Crippen LogP contribution < -0.4 is 5.32 Å². The van der Waals surface area contributed by atoms with Crippen molar-refractivity contribution in [1.29, 1.82) is 0 Å². The van der Waals surface area contributed by atoms with Crippen LogP contribution in [0.3, 0.4) is 0 Å². The Morgan fingerprint density at radius 1 is 1.43 bits per heavy atom. The lowest BCUT2D eigenvalue weighted by Crippen LogP contribution is -2.37. The predicted molar refractivity (Wildman–Crippen MR) is 90.2 cm³/mol. The monoisotopic (exact) mass is 421 g/mol. The number of nitrogens with zero attached hydrogens (tertiary/aromatic N) is 2. The van der Waals surface area contributed by atoms with Crippen LogP contribution in [0.15, 0.2) is 21.2 Å². The van der Waals surface area contributed by atoms with Crippen molar-refractivity contribution in [1.82, 2.24) is 15.2 Å². The van der Waals surface area contributed by atoms with Crippen LogP contribution in [0.4, 0.5) is 4.79 Å². The third-order valence-electron chi connectivity index (χ3n) is 2.51. The zero-order valence-electron chi connectivity index (χ0n) is 12.7. The van der Waals surface area contributed by atoms with Gasteiger partial charge in [-0.25, -0.2) is 4.79 Å². The highest BCUT2D eigenvalue weighted by Gasteiger charge is 2.19. The number of hydrogen-bond acceptors (Lipinski definition) is 4. The second-order valence-electron chi connectivity index (χ2n) is 5.66. The quantitative estimate of drug-likeness (QED) is 0.737. The molecule has 0 unspecified atom stereocenters. The minimum Gasteiger partial charge on any atom is -0.444 e. The van der Waals surface area contributed by atoms with Crippen LogP contribution in [0.1, 0.15) is 26.5 Å². The summed E-state index contributed by atoms with van der Waals surface area (Å²) in [5, 5.41) is 3.25. The Morgan fingerprint density at radius 2 is 2.10 bits per heavy atom. The van der Waals surface area contributed by atoms with Crippen LogP contribution in [0.25, 0.3) is 0 Å². The molecule has 1 rings (SSSR count). The number of nitrogens with one attached hydrogen (secondary N) is 1. The molecule has 0 atom stereocenters. The Labute approximate surface area is 142 Å². The van der Waals surface area contributed by atoms with Crippen LogP contribution in [-0.4, -0.2) is 41.7 Å². The standard InChI is InChI=1S/C14H21Br2N3O2/c1-14(2,3)21-13(20)19(4)6-5-17-9-12-11(16)7-10(15)8-18-12/h7-8,17H,5-6,9H2,1-4H3. The molecule has 0 spiro atoms. The van der Waals surface area contributed by atoms with Crippen molar-refractivity contribution < 1.29 is 9.53 Å². The van der Waals surface area contributed by atoms with Gasteiger partial charge in [-0.15, -0.1) is 0 Å². The van der Waals surface area contributed by atoms with E-state index in [1.807, 2.05) is 26.8 Å². The molecule has 0 saturated heterocycles. The molecule has 1 amide bonds. The first-order valence-corrected chi connectivity index (χ1v) is 8.22. The summed E-state index contributed by atoms with van der Waals surface area (Å²) >= 11 is 6.83. The zero-order valence-corrected chi connectivity index (χ0v) is 15.9. The molecule has 0 aliphatic rings. The number of hydrogen-bond donors (Lipinski definition) is 1. The third-order valence-corrected chi connectivity index (χ3v) is 3.63. The van der Waals surface area contributed by atoms with Gasteiger partial charge in [0.25, 0.3) is 0 Å². The van der Waals surface area contributed by atoms with Gasteiger partial charge in [0.1, 0.15) is 5.60 Å². The summed E-state index contributed by atoms with van der Waals surface area (Å²) in [4.78, 5) is 17.6. The van der Waals surface area contributed by atoms with Crippen molar-refractivity contribution in [3.05, 3.63) is 26.9 Å². The van der Waals surface area contributed by atoms with Crippen LogP contribution in [0.5, 0.6) is 0 Å². The Kier molecular flexibility index (Phi) is 7.09. The summed E-state index contributed by atoms with van der Waals surface area (Å²) in [5.41, 5.74) is 0.462. The van der Waals surface area contributed by atoms with Crippen LogP contribution in [-0.2, 0) is 11.3 Å².